The van der Waals surface area contributed by atoms with Crippen LogP contribution in [0.25, 0.3) is 10.2 Å². The van der Waals surface area contributed by atoms with E-state index in [-0.39, 0.29) is 18.0 Å². The second-order valence-corrected chi connectivity index (χ2v) is 8.24. The number of rotatable bonds is 6. The van der Waals surface area contributed by atoms with Crippen molar-refractivity contribution in [1.82, 2.24) is 9.29 Å². The number of thiazole rings is 1. The monoisotopic (exact) mass is 372 g/mol. The van der Waals surface area contributed by atoms with E-state index < -0.39 is 10.0 Å². The quantitative estimate of drug-likeness (QED) is 0.729. The molecule has 0 radical (unpaired) electrons. The number of benzene rings is 1. The number of fused-ring (bicyclic) bond motifs is 1. The molecule has 1 aromatic carbocycles. The fourth-order valence-corrected chi connectivity index (χ4v) is 4.67. The Bertz CT molecular complexity index is 743. The van der Waals surface area contributed by atoms with E-state index in [2.05, 4.69) is 34.1 Å². The van der Waals surface area contributed by atoms with E-state index in [4.69, 9.17) is 0 Å². The minimum absolute atomic E-state index is 0.249. The van der Waals surface area contributed by atoms with Crippen LogP contribution in [0.1, 0.15) is 0 Å². The summed E-state index contributed by atoms with van der Waals surface area (Å²) in [5.41, 5.74) is 0.778. The molecular weight excluding hydrogens is 360 g/mol. The van der Waals surface area contributed by atoms with Crippen molar-refractivity contribution in [2.24, 2.45) is 0 Å². The molecule has 4 nitrogen and oxygen atoms in total. The Kier molecular flexibility index (Phi) is 4.74. The molecule has 7 heteroatoms. The minimum atomic E-state index is -3.55. The van der Waals surface area contributed by atoms with Crippen LogP contribution < -0.4 is 0 Å². The van der Waals surface area contributed by atoms with Gasteiger partial charge in [0, 0.05) is 13.1 Å². The molecule has 0 saturated carbocycles. The lowest BCUT2D eigenvalue weighted by Crippen LogP contribution is -2.31. The summed E-state index contributed by atoms with van der Waals surface area (Å²) in [5, 5.41) is 0. The van der Waals surface area contributed by atoms with Crippen molar-refractivity contribution < 1.29 is 8.42 Å². The number of hydrogen-bond acceptors (Lipinski definition) is 4. The summed E-state index contributed by atoms with van der Waals surface area (Å²) in [4.78, 5) is 4.50. The fraction of sp³-hybridized carbons (Fsp3) is 0.154. The van der Waals surface area contributed by atoms with Gasteiger partial charge in [0.05, 0.1) is 15.1 Å². The molecule has 20 heavy (non-hydrogen) atoms. The Morgan fingerprint density at radius 2 is 1.95 bits per heavy atom. The Balaban J connectivity index is 2.48. The summed E-state index contributed by atoms with van der Waals surface area (Å²) in [6.07, 6.45) is 3.12. The predicted molar refractivity (Wildman–Crippen MR) is 86.5 cm³/mol. The van der Waals surface area contributed by atoms with Crippen molar-refractivity contribution in [2.75, 3.05) is 13.1 Å². The molecule has 2 aromatic rings. The highest BCUT2D eigenvalue weighted by Gasteiger charge is 2.23. The van der Waals surface area contributed by atoms with Gasteiger partial charge < -0.3 is 0 Å². The fourth-order valence-electron chi connectivity index (χ4n) is 1.75. The van der Waals surface area contributed by atoms with E-state index in [1.807, 2.05) is 0 Å². The van der Waals surface area contributed by atoms with Crippen LogP contribution in [0.3, 0.4) is 0 Å². The first-order chi connectivity index (χ1) is 9.48. The molecule has 0 bridgehead atoms. The maximum Gasteiger partial charge on any atom is 0.243 e. The molecule has 0 unspecified atom stereocenters. The van der Waals surface area contributed by atoms with Crippen molar-refractivity contribution in [3.8, 4) is 0 Å². The van der Waals surface area contributed by atoms with Gasteiger partial charge in [0.15, 0.2) is 3.92 Å². The SMILES string of the molecule is C=CCN(CC=C)S(=O)(=O)c1ccc2nc(Br)sc2c1. The third-order valence-corrected chi connectivity index (χ3v) is 5.93. The zero-order valence-electron chi connectivity index (χ0n) is 10.6. The molecule has 106 valence electrons. The van der Waals surface area contributed by atoms with Gasteiger partial charge >= 0.3 is 0 Å². The first-order valence-electron chi connectivity index (χ1n) is 5.77. The molecule has 0 aliphatic carbocycles. The van der Waals surface area contributed by atoms with Crippen LogP contribution in [0.15, 0.2) is 52.3 Å². The van der Waals surface area contributed by atoms with Gasteiger partial charge in [-0.15, -0.1) is 24.5 Å². The van der Waals surface area contributed by atoms with Gasteiger partial charge in [-0.2, -0.15) is 4.31 Å². The highest BCUT2D eigenvalue weighted by Crippen LogP contribution is 2.29. The largest absolute Gasteiger partial charge is 0.243 e. The lowest BCUT2D eigenvalue weighted by molar-refractivity contribution is 0.474. The van der Waals surface area contributed by atoms with Crippen molar-refractivity contribution in [1.29, 1.82) is 0 Å². The van der Waals surface area contributed by atoms with Gasteiger partial charge in [-0.25, -0.2) is 13.4 Å². The van der Waals surface area contributed by atoms with Gasteiger partial charge in [0.1, 0.15) is 0 Å². The molecule has 1 aromatic heterocycles. The normalized spacial score (nSPS) is 11.9. The summed E-state index contributed by atoms with van der Waals surface area (Å²) in [7, 11) is -3.55. The average Bonchev–Trinajstić information content (AvgIpc) is 2.77. The van der Waals surface area contributed by atoms with Gasteiger partial charge in [-0.3, -0.25) is 0 Å². The third kappa shape index (κ3) is 3.01. The molecule has 0 amide bonds. The maximum atomic E-state index is 12.6. The molecular formula is C13H13BrN2O2S2. The summed E-state index contributed by atoms with van der Waals surface area (Å²) in [6, 6.07) is 4.93. The van der Waals surface area contributed by atoms with Gasteiger partial charge in [-0.05, 0) is 34.1 Å². The van der Waals surface area contributed by atoms with Crippen LogP contribution in [-0.4, -0.2) is 30.8 Å². The zero-order chi connectivity index (χ0) is 14.8. The number of hydrogen-bond donors (Lipinski definition) is 0. The zero-order valence-corrected chi connectivity index (χ0v) is 13.8. The van der Waals surface area contributed by atoms with Crippen LogP contribution >= 0.6 is 27.3 Å². The van der Waals surface area contributed by atoms with Crippen LogP contribution in [0.5, 0.6) is 0 Å². The number of aromatic nitrogens is 1. The number of halogens is 1. The molecule has 2 rings (SSSR count). The Labute approximate surface area is 130 Å². The van der Waals surface area contributed by atoms with Crippen molar-refractivity contribution in [3.63, 3.8) is 0 Å². The van der Waals surface area contributed by atoms with Crippen LogP contribution in [0, 0.1) is 0 Å². The standard InChI is InChI=1S/C13H13BrN2O2S2/c1-3-7-16(8-4-2)20(17,18)10-5-6-11-12(9-10)19-13(14)15-11/h3-6,9H,1-2,7-8H2. The lowest BCUT2D eigenvalue weighted by Gasteiger charge is -2.18. The molecule has 0 aliphatic rings. The van der Waals surface area contributed by atoms with Gasteiger partial charge in [0.25, 0.3) is 0 Å². The van der Waals surface area contributed by atoms with E-state index in [1.165, 1.54) is 15.6 Å². The third-order valence-electron chi connectivity index (χ3n) is 2.64. The van der Waals surface area contributed by atoms with Gasteiger partial charge in [-0.1, -0.05) is 12.2 Å². The minimum Gasteiger partial charge on any atom is -0.229 e. The maximum absolute atomic E-state index is 12.6. The molecule has 0 fully saturated rings. The highest BCUT2D eigenvalue weighted by molar-refractivity contribution is 9.11. The predicted octanol–water partition coefficient (Wildman–Crippen LogP) is 3.42. The summed E-state index contributed by atoms with van der Waals surface area (Å²) in [5.74, 6) is 0. The molecule has 0 saturated heterocycles. The van der Waals surface area contributed by atoms with Crippen LogP contribution in [0.2, 0.25) is 0 Å². The molecule has 0 spiro atoms. The summed E-state index contributed by atoms with van der Waals surface area (Å²) in [6.45, 7) is 7.67. The van der Waals surface area contributed by atoms with Crippen LogP contribution in [-0.2, 0) is 10.0 Å². The van der Waals surface area contributed by atoms with E-state index in [0.717, 1.165) is 14.1 Å². The number of sulfonamides is 1. The molecule has 1 heterocycles. The van der Waals surface area contributed by atoms with E-state index >= 15 is 0 Å². The summed E-state index contributed by atoms with van der Waals surface area (Å²) < 4.78 is 28.0. The van der Waals surface area contributed by atoms with E-state index in [1.54, 1.807) is 30.4 Å². The van der Waals surface area contributed by atoms with Crippen molar-refractivity contribution in [3.05, 3.63) is 47.4 Å². The highest BCUT2D eigenvalue weighted by atomic mass is 79.9. The van der Waals surface area contributed by atoms with Gasteiger partial charge in [0.2, 0.25) is 10.0 Å². The first-order valence-corrected chi connectivity index (χ1v) is 8.82. The van der Waals surface area contributed by atoms with Crippen molar-refractivity contribution in [2.45, 2.75) is 4.90 Å². The second-order valence-electron chi connectivity index (χ2n) is 4.00. The average molecular weight is 373 g/mol. The Morgan fingerprint density at radius 3 is 2.55 bits per heavy atom. The topological polar surface area (TPSA) is 50.3 Å². The van der Waals surface area contributed by atoms with Crippen molar-refractivity contribution >= 4 is 47.5 Å². The molecule has 0 N–H and O–H groups in total. The second kappa shape index (κ2) is 6.17. The number of nitrogens with zero attached hydrogens (tertiary/aromatic N) is 2. The first kappa shape index (κ1) is 15.4. The van der Waals surface area contributed by atoms with E-state index in [0.29, 0.717) is 0 Å². The Morgan fingerprint density at radius 1 is 1.30 bits per heavy atom. The molecule has 0 atom stereocenters. The van der Waals surface area contributed by atoms with E-state index in [9.17, 15) is 8.42 Å². The smallest absolute Gasteiger partial charge is 0.229 e. The lowest BCUT2D eigenvalue weighted by atomic mass is 10.3. The summed E-state index contributed by atoms with van der Waals surface area (Å²) >= 11 is 4.70. The molecule has 0 aliphatic heterocycles. The Hall–Kier alpha value is -1.02. The van der Waals surface area contributed by atoms with Crippen LogP contribution in [0.4, 0.5) is 0 Å².